The second-order valence-electron chi connectivity index (χ2n) is 4.35. The molecule has 0 fully saturated rings. The molecule has 1 rings (SSSR count). The fourth-order valence-corrected chi connectivity index (χ4v) is 1.80. The SMILES string of the molecule is CCC(C)C(Cc1cccc(C)c1)NN. The summed E-state index contributed by atoms with van der Waals surface area (Å²) in [7, 11) is 0. The monoisotopic (exact) mass is 206 g/mol. The molecule has 1 aromatic rings. The van der Waals surface area contributed by atoms with E-state index in [0.717, 1.165) is 12.8 Å². The molecule has 0 aromatic heterocycles. The fourth-order valence-electron chi connectivity index (χ4n) is 1.80. The average Bonchev–Trinajstić information content (AvgIpc) is 2.25. The maximum Gasteiger partial charge on any atom is 0.0276 e. The van der Waals surface area contributed by atoms with E-state index in [9.17, 15) is 0 Å². The number of nitrogens with two attached hydrogens (primary N) is 1. The van der Waals surface area contributed by atoms with Crippen molar-refractivity contribution in [1.82, 2.24) is 5.43 Å². The van der Waals surface area contributed by atoms with Gasteiger partial charge in [0, 0.05) is 6.04 Å². The van der Waals surface area contributed by atoms with Crippen molar-refractivity contribution in [3.05, 3.63) is 35.4 Å². The van der Waals surface area contributed by atoms with Gasteiger partial charge >= 0.3 is 0 Å². The quantitative estimate of drug-likeness (QED) is 0.573. The molecule has 0 aliphatic heterocycles. The molecule has 0 spiro atoms. The lowest BCUT2D eigenvalue weighted by Gasteiger charge is -2.22. The fraction of sp³-hybridized carbons (Fsp3) is 0.538. The number of benzene rings is 1. The molecule has 1 aromatic carbocycles. The number of hydrogen-bond acceptors (Lipinski definition) is 2. The van der Waals surface area contributed by atoms with Gasteiger partial charge in [-0.3, -0.25) is 11.3 Å². The van der Waals surface area contributed by atoms with Gasteiger partial charge in [0.2, 0.25) is 0 Å². The molecule has 0 bridgehead atoms. The summed E-state index contributed by atoms with van der Waals surface area (Å²) >= 11 is 0. The number of rotatable bonds is 5. The maximum atomic E-state index is 5.59. The molecule has 0 aliphatic carbocycles. The van der Waals surface area contributed by atoms with Crippen molar-refractivity contribution >= 4 is 0 Å². The first kappa shape index (κ1) is 12.2. The lowest BCUT2D eigenvalue weighted by Crippen LogP contribution is -2.41. The molecular weight excluding hydrogens is 184 g/mol. The Hall–Kier alpha value is -0.860. The highest BCUT2D eigenvalue weighted by molar-refractivity contribution is 5.23. The summed E-state index contributed by atoms with van der Waals surface area (Å²) in [5.74, 6) is 6.19. The molecule has 2 unspecified atom stereocenters. The first-order valence-corrected chi connectivity index (χ1v) is 5.69. The lowest BCUT2D eigenvalue weighted by molar-refractivity contribution is 0.370. The first-order chi connectivity index (χ1) is 7.17. The van der Waals surface area contributed by atoms with Crippen LogP contribution in [0.2, 0.25) is 0 Å². The number of aryl methyl sites for hydroxylation is 1. The van der Waals surface area contributed by atoms with Crippen LogP contribution in [-0.2, 0) is 6.42 Å². The molecule has 3 N–H and O–H groups in total. The van der Waals surface area contributed by atoms with Crippen LogP contribution in [0.25, 0.3) is 0 Å². The Bertz CT molecular complexity index is 296. The van der Waals surface area contributed by atoms with Crippen molar-refractivity contribution < 1.29 is 0 Å². The van der Waals surface area contributed by atoms with Gasteiger partial charge in [0.25, 0.3) is 0 Å². The molecule has 2 nitrogen and oxygen atoms in total. The molecule has 0 aliphatic rings. The van der Waals surface area contributed by atoms with Gasteiger partial charge in [-0.15, -0.1) is 0 Å². The van der Waals surface area contributed by atoms with Gasteiger partial charge in [0.1, 0.15) is 0 Å². The standard InChI is InChI=1S/C13H22N2/c1-4-11(3)13(15-14)9-12-7-5-6-10(2)8-12/h5-8,11,13,15H,4,9,14H2,1-3H3. The second-order valence-corrected chi connectivity index (χ2v) is 4.35. The number of hydrogen-bond donors (Lipinski definition) is 2. The largest absolute Gasteiger partial charge is 0.271 e. The van der Waals surface area contributed by atoms with Crippen LogP contribution in [0.1, 0.15) is 31.4 Å². The third kappa shape index (κ3) is 3.65. The Morgan fingerprint density at radius 2 is 2.13 bits per heavy atom. The van der Waals surface area contributed by atoms with E-state index >= 15 is 0 Å². The molecule has 84 valence electrons. The van der Waals surface area contributed by atoms with E-state index in [-0.39, 0.29) is 0 Å². The molecule has 0 saturated heterocycles. The maximum absolute atomic E-state index is 5.59. The summed E-state index contributed by atoms with van der Waals surface area (Å²) in [4.78, 5) is 0. The minimum atomic E-state index is 0.372. The predicted molar refractivity (Wildman–Crippen MR) is 65.4 cm³/mol. The molecule has 15 heavy (non-hydrogen) atoms. The first-order valence-electron chi connectivity index (χ1n) is 5.69. The van der Waals surface area contributed by atoms with E-state index < -0.39 is 0 Å². The zero-order chi connectivity index (χ0) is 11.3. The Balaban J connectivity index is 2.66. The van der Waals surface area contributed by atoms with Gasteiger partial charge in [0.05, 0.1) is 0 Å². The predicted octanol–water partition coefficient (Wildman–Crippen LogP) is 2.42. The van der Waals surface area contributed by atoms with Crippen molar-refractivity contribution in [3.63, 3.8) is 0 Å². The normalized spacial score (nSPS) is 14.9. The van der Waals surface area contributed by atoms with Crippen molar-refractivity contribution in [3.8, 4) is 0 Å². The molecule has 0 heterocycles. The van der Waals surface area contributed by atoms with Gasteiger partial charge in [-0.2, -0.15) is 0 Å². The zero-order valence-electron chi connectivity index (χ0n) is 9.96. The molecular formula is C13H22N2. The van der Waals surface area contributed by atoms with Crippen LogP contribution in [0.5, 0.6) is 0 Å². The van der Waals surface area contributed by atoms with E-state index in [4.69, 9.17) is 5.84 Å². The average molecular weight is 206 g/mol. The van der Waals surface area contributed by atoms with Gasteiger partial charge < -0.3 is 0 Å². The smallest absolute Gasteiger partial charge is 0.0276 e. The van der Waals surface area contributed by atoms with E-state index in [1.807, 2.05) is 0 Å². The van der Waals surface area contributed by atoms with E-state index in [2.05, 4.69) is 50.5 Å². The highest BCUT2D eigenvalue weighted by Gasteiger charge is 2.14. The Morgan fingerprint density at radius 1 is 1.40 bits per heavy atom. The molecule has 2 atom stereocenters. The van der Waals surface area contributed by atoms with E-state index in [0.29, 0.717) is 12.0 Å². The topological polar surface area (TPSA) is 38.0 Å². The third-order valence-electron chi connectivity index (χ3n) is 3.08. The van der Waals surface area contributed by atoms with Gasteiger partial charge in [-0.1, -0.05) is 50.1 Å². The summed E-state index contributed by atoms with van der Waals surface area (Å²) in [6.07, 6.45) is 2.16. The Kier molecular flexibility index (Phi) is 4.79. The molecule has 0 amide bonds. The van der Waals surface area contributed by atoms with Gasteiger partial charge in [-0.25, -0.2) is 0 Å². The minimum absolute atomic E-state index is 0.372. The van der Waals surface area contributed by atoms with Gasteiger partial charge in [-0.05, 0) is 24.8 Å². The lowest BCUT2D eigenvalue weighted by atomic mass is 9.93. The van der Waals surface area contributed by atoms with Crippen LogP contribution in [0.4, 0.5) is 0 Å². The van der Waals surface area contributed by atoms with Crippen LogP contribution < -0.4 is 11.3 Å². The summed E-state index contributed by atoms with van der Waals surface area (Å²) in [5, 5.41) is 0. The van der Waals surface area contributed by atoms with E-state index in [1.165, 1.54) is 11.1 Å². The molecule has 0 radical (unpaired) electrons. The number of nitrogens with one attached hydrogen (secondary N) is 1. The molecule has 2 heteroatoms. The highest BCUT2D eigenvalue weighted by Crippen LogP contribution is 2.13. The van der Waals surface area contributed by atoms with Crippen LogP contribution >= 0.6 is 0 Å². The van der Waals surface area contributed by atoms with Crippen molar-refractivity contribution in [1.29, 1.82) is 0 Å². The highest BCUT2D eigenvalue weighted by atomic mass is 15.2. The summed E-state index contributed by atoms with van der Waals surface area (Å²) in [6.45, 7) is 6.56. The van der Waals surface area contributed by atoms with Gasteiger partial charge in [0.15, 0.2) is 0 Å². The van der Waals surface area contributed by atoms with E-state index in [1.54, 1.807) is 0 Å². The summed E-state index contributed by atoms with van der Waals surface area (Å²) < 4.78 is 0. The van der Waals surface area contributed by atoms with Crippen LogP contribution in [0.3, 0.4) is 0 Å². The Morgan fingerprint density at radius 3 is 2.67 bits per heavy atom. The summed E-state index contributed by atoms with van der Waals surface area (Å²) in [5.41, 5.74) is 5.59. The van der Waals surface area contributed by atoms with Crippen molar-refractivity contribution in [2.75, 3.05) is 0 Å². The Labute approximate surface area is 92.8 Å². The zero-order valence-corrected chi connectivity index (χ0v) is 9.96. The van der Waals surface area contributed by atoms with Crippen LogP contribution in [0, 0.1) is 12.8 Å². The van der Waals surface area contributed by atoms with Crippen molar-refractivity contribution in [2.45, 2.75) is 39.7 Å². The third-order valence-corrected chi connectivity index (χ3v) is 3.08. The van der Waals surface area contributed by atoms with Crippen molar-refractivity contribution in [2.24, 2.45) is 11.8 Å². The minimum Gasteiger partial charge on any atom is -0.271 e. The second kappa shape index (κ2) is 5.89. The summed E-state index contributed by atoms with van der Waals surface area (Å²) in [6, 6.07) is 9.00. The number of hydrazine groups is 1. The molecule has 0 saturated carbocycles. The van der Waals surface area contributed by atoms with Crippen LogP contribution in [0.15, 0.2) is 24.3 Å². The van der Waals surface area contributed by atoms with Crippen LogP contribution in [-0.4, -0.2) is 6.04 Å².